The van der Waals surface area contributed by atoms with Gasteiger partial charge >= 0.3 is 5.97 Å². The first-order valence-electron chi connectivity index (χ1n) is 8.84. The molecule has 3 rings (SSSR count). The van der Waals surface area contributed by atoms with Crippen molar-refractivity contribution in [2.45, 2.75) is 13.5 Å². The zero-order chi connectivity index (χ0) is 19.9. The molecule has 0 aliphatic carbocycles. The second-order valence-electron chi connectivity index (χ2n) is 6.28. The van der Waals surface area contributed by atoms with E-state index in [0.717, 1.165) is 11.1 Å². The summed E-state index contributed by atoms with van der Waals surface area (Å²) in [4.78, 5) is 24.4. The maximum atomic E-state index is 12.7. The van der Waals surface area contributed by atoms with Gasteiger partial charge in [0, 0.05) is 11.3 Å². The maximum Gasteiger partial charge on any atom is 0.337 e. The molecule has 0 saturated heterocycles. The largest absolute Gasteiger partial charge is 0.489 e. The van der Waals surface area contributed by atoms with E-state index in [1.807, 2.05) is 43.3 Å². The Morgan fingerprint density at radius 1 is 0.893 bits per heavy atom. The van der Waals surface area contributed by atoms with E-state index in [4.69, 9.17) is 9.47 Å². The molecule has 3 aromatic carbocycles. The van der Waals surface area contributed by atoms with Crippen LogP contribution in [0.4, 0.5) is 5.69 Å². The summed E-state index contributed by atoms with van der Waals surface area (Å²) in [6.45, 7) is 2.28. The summed E-state index contributed by atoms with van der Waals surface area (Å²) in [5.41, 5.74) is 3.30. The number of anilines is 1. The minimum Gasteiger partial charge on any atom is -0.489 e. The van der Waals surface area contributed by atoms with Crippen LogP contribution in [-0.2, 0) is 11.3 Å². The molecule has 5 nitrogen and oxygen atoms in total. The molecule has 5 heteroatoms. The number of ether oxygens (including phenoxy) is 2. The number of benzene rings is 3. The molecule has 0 aromatic heterocycles. The Balaban J connectivity index is 1.72. The number of esters is 1. The van der Waals surface area contributed by atoms with Gasteiger partial charge in [-0.25, -0.2) is 4.79 Å². The van der Waals surface area contributed by atoms with Crippen molar-refractivity contribution in [3.63, 3.8) is 0 Å². The summed E-state index contributed by atoms with van der Waals surface area (Å²) in [5, 5.41) is 2.84. The standard InChI is InChI=1S/C23H21NO4/c1-16-11-12-19(23(26)27-2)14-21(16)24-22(25)18-9-6-10-20(13-18)28-15-17-7-4-3-5-8-17/h3-14H,15H2,1-2H3,(H,24,25). The van der Waals surface area contributed by atoms with Crippen molar-refractivity contribution in [1.82, 2.24) is 0 Å². The number of rotatable bonds is 6. The quantitative estimate of drug-likeness (QED) is 0.639. The van der Waals surface area contributed by atoms with E-state index in [2.05, 4.69) is 5.32 Å². The van der Waals surface area contributed by atoms with E-state index in [1.165, 1.54) is 7.11 Å². The fourth-order valence-electron chi connectivity index (χ4n) is 2.66. The Bertz CT molecular complexity index is 983. The van der Waals surface area contributed by atoms with Crippen LogP contribution in [0.3, 0.4) is 0 Å². The highest BCUT2D eigenvalue weighted by atomic mass is 16.5. The second kappa shape index (κ2) is 8.86. The Labute approximate surface area is 163 Å². The van der Waals surface area contributed by atoms with E-state index in [1.54, 1.807) is 36.4 Å². The van der Waals surface area contributed by atoms with Gasteiger partial charge in [0.25, 0.3) is 5.91 Å². The van der Waals surface area contributed by atoms with Crippen LogP contribution in [0.5, 0.6) is 5.75 Å². The molecule has 0 aliphatic rings. The summed E-state index contributed by atoms with van der Waals surface area (Å²) in [6, 6.07) is 21.8. The molecular formula is C23H21NO4. The number of methoxy groups -OCH3 is 1. The smallest absolute Gasteiger partial charge is 0.337 e. The number of hydrogen-bond acceptors (Lipinski definition) is 4. The Hall–Kier alpha value is -3.60. The van der Waals surface area contributed by atoms with Gasteiger partial charge in [0.1, 0.15) is 12.4 Å². The van der Waals surface area contributed by atoms with Crippen molar-refractivity contribution < 1.29 is 19.1 Å². The Morgan fingerprint density at radius 2 is 1.68 bits per heavy atom. The van der Waals surface area contributed by atoms with E-state index in [0.29, 0.717) is 29.2 Å². The van der Waals surface area contributed by atoms with Gasteiger partial charge in [-0.1, -0.05) is 42.5 Å². The minimum absolute atomic E-state index is 0.282. The van der Waals surface area contributed by atoms with Gasteiger partial charge in [-0.05, 0) is 48.4 Å². The molecule has 0 radical (unpaired) electrons. The lowest BCUT2D eigenvalue weighted by Gasteiger charge is -2.11. The van der Waals surface area contributed by atoms with E-state index in [9.17, 15) is 9.59 Å². The summed E-state index contributed by atoms with van der Waals surface area (Å²) < 4.78 is 10.5. The molecule has 0 bridgehead atoms. The number of hydrogen-bond donors (Lipinski definition) is 1. The van der Waals surface area contributed by atoms with Crippen LogP contribution in [0.25, 0.3) is 0 Å². The summed E-state index contributed by atoms with van der Waals surface area (Å²) >= 11 is 0. The predicted molar refractivity (Wildman–Crippen MR) is 108 cm³/mol. The normalized spacial score (nSPS) is 10.2. The molecule has 0 fully saturated rings. The van der Waals surface area contributed by atoms with Crippen LogP contribution in [-0.4, -0.2) is 19.0 Å². The lowest BCUT2D eigenvalue weighted by atomic mass is 10.1. The maximum absolute atomic E-state index is 12.7. The van der Waals surface area contributed by atoms with Gasteiger partial charge in [-0.3, -0.25) is 4.79 Å². The lowest BCUT2D eigenvalue weighted by Crippen LogP contribution is -2.14. The highest BCUT2D eigenvalue weighted by molar-refractivity contribution is 6.05. The molecule has 3 aromatic rings. The van der Waals surface area contributed by atoms with Crippen molar-refractivity contribution >= 4 is 17.6 Å². The SMILES string of the molecule is COC(=O)c1ccc(C)c(NC(=O)c2cccc(OCc3ccccc3)c2)c1. The molecule has 1 N–H and O–H groups in total. The molecule has 28 heavy (non-hydrogen) atoms. The third-order valence-corrected chi connectivity index (χ3v) is 4.25. The molecule has 142 valence electrons. The van der Waals surface area contributed by atoms with Crippen LogP contribution in [0, 0.1) is 6.92 Å². The third kappa shape index (κ3) is 4.76. The van der Waals surface area contributed by atoms with Gasteiger partial charge in [0.15, 0.2) is 0 Å². The molecular weight excluding hydrogens is 354 g/mol. The van der Waals surface area contributed by atoms with Gasteiger partial charge in [0.05, 0.1) is 12.7 Å². The van der Waals surface area contributed by atoms with Crippen LogP contribution in [0.2, 0.25) is 0 Å². The molecule has 1 amide bonds. The topological polar surface area (TPSA) is 64.6 Å². The van der Waals surface area contributed by atoms with Crippen LogP contribution in [0.1, 0.15) is 31.8 Å². The molecule has 0 atom stereocenters. The fourth-order valence-corrected chi connectivity index (χ4v) is 2.66. The summed E-state index contributed by atoms with van der Waals surface area (Å²) in [7, 11) is 1.32. The number of carbonyl (C=O) groups excluding carboxylic acids is 2. The number of amides is 1. The number of carbonyl (C=O) groups is 2. The first kappa shape index (κ1) is 19.2. The van der Waals surface area contributed by atoms with E-state index < -0.39 is 5.97 Å². The Kier molecular flexibility index (Phi) is 6.07. The van der Waals surface area contributed by atoms with Gasteiger partial charge in [0.2, 0.25) is 0 Å². The second-order valence-corrected chi connectivity index (χ2v) is 6.28. The average Bonchev–Trinajstić information content (AvgIpc) is 2.74. The van der Waals surface area contributed by atoms with Crippen LogP contribution < -0.4 is 10.1 Å². The fraction of sp³-hybridized carbons (Fsp3) is 0.130. The molecule has 0 aliphatic heterocycles. The van der Waals surface area contributed by atoms with Crippen molar-refractivity contribution in [1.29, 1.82) is 0 Å². The molecule has 0 heterocycles. The van der Waals surface area contributed by atoms with Crippen LogP contribution >= 0.6 is 0 Å². The van der Waals surface area contributed by atoms with Gasteiger partial charge in [-0.2, -0.15) is 0 Å². The predicted octanol–water partition coefficient (Wildman–Crippen LogP) is 4.61. The zero-order valence-electron chi connectivity index (χ0n) is 15.8. The van der Waals surface area contributed by atoms with Gasteiger partial charge < -0.3 is 14.8 Å². The van der Waals surface area contributed by atoms with Crippen molar-refractivity contribution in [3.05, 3.63) is 95.1 Å². The number of nitrogens with one attached hydrogen (secondary N) is 1. The molecule has 0 spiro atoms. The Morgan fingerprint density at radius 3 is 2.43 bits per heavy atom. The van der Waals surface area contributed by atoms with Crippen molar-refractivity contribution in [2.75, 3.05) is 12.4 Å². The molecule has 0 unspecified atom stereocenters. The molecule has 0 saturated carbocycles. The zero-order valence-corrected chi connectivity index (χ0v) is 15.8. The lowest BCUT2D eigenvalue weighted by molar-refractivity contribution is 0.0600. The summed E-state index contributed by atoms with van der Waals surface area (Å²) in [5.74, 6) is -0.126. The van der Waals surface area contributed by atoms with Crippen molar-refractivity contribution in [3.8, 4) is 5.75 Å². The number of aryl methyl sites for hydroxylation is 1. The van der Waals surface area contributed by atoms with Crippen molar-refractivity contribution in [2.24, 2.45) is 0 Å². The average molecular weight is 375 g/mol. The third-order valence-electron chi connectivity index (χ3n) is 4.25. The highest BCUT2D eigenvalue weighted by Gasteiger charge is 2.12. The van der Waals surface area contributed by atoms with E-state index >= 15 is 0 Å². The van der Waals surface area contributed by atoms with E-state index in [-0.39, 0.29) is 5.91 Å². The minimum atomic E-state index is -0.452. The summed E-state index contributed by atoms with van der Waals surface area (Å²) in [6.07, 6.45) is 0. The first-order chi connectivity index (χ1) is 13.6. The highest BCUT2D eigenvalue weighted by Crippen LogP contribution is 2.20. The van der Waals surface area contributed by atoms with Crippen LogP contribution in [0.15, 0.2) is 72.8 Å². The first-order valence-corrected chi connectivity index (χ1v) is 8.84. The monoisotopic (exact) mass is 375 g/mol. The van der Waals surface area contributed by atoms with Gasteiger partial charge in [-0.15, -0.1) is 0 Å².